The van der Waals surface area contributed by atoms with Crippen LogP contribution in [0.25, 0.3) is 0 Å². The van der Waals surface area contributed by atoms with Gasteiger partial charge < -0.3 is 5.32 Å². The number of hydrogen-bond donors (Lipinski definition) is 2. The minimum Gasteiger partial charge on any atom is -0.324 e. The van der Waals surface area contributed by atoms with Gasteiger partial charge in [0.15, 0.2) is 6.61 Å². The Bertz CT molecular complexity index is 580. The van der Waals surface area contributed by atoms with Crippen molar-refractivity contribution in [2.24, 2.45) is 0 Å². The Labute approximate surface area is 142 Å². The number of unbranched alkanes of at least 4 members (excludes halogenated alkanes) is 2. The highest BCUT2D eigenvalue weighted by Gasteiger charge is 2.33. The van der Waals surface area contributed by atoms with Crippen LogP contribution in [-0.2, 0) is 20.6 Å². The molecule has 1 aromatic carbocycles. The van der Waals surface area contributed by atoms with Gasteiger partial charge >= 0.3 is 6.18 Å². The first kappa shape index (κ1) is 20.2. The number of alkyl halides is 3. The fourth-order valence-corrected chi connectivity index (χ4v) is 2.01. The zero-order chi connectivity index (χ0) is 18.2. The highest BCUT2D eigenvalue weighted by Crippen LogP contribution is 2.36. The first-order valence-electron chi connectivity index (χ1n) is 7.31. The maximum atomic E-state index is 12.7. The maximum absolute atomic E-state index is 12.7. The molecule has 9 heteroatoms. The molecule has 1 aromatic rings. The first-order chi connectivity index (χ1) is 11.2. The lowest BCUT2D eigenvalue weighted by Crippen LogP contribution is -2.29. The van der Waals surface area contributed by atoms with Gasteiger partial charge in [-0.25, -0.2) is 5.48 Å². The van der Waals surface area contributed by atoms with Crippen LogP contribution in [0.1, 0.15) is 38.2 Å². The normalized spacial score (nSPS) is 11.2. The second-order valence-electron chi connectivity index (χ2n) is 5.01. The number of benzene rings is 1. The van der Waals surface area contributed by atoms with E-state index in [2.05, 4.69) is 10.8 Å². The van der Waals surface area contributed by atoms with Gasteiger partial charge in [0.05, 0.1) is 10.6 Å². The topological polar surface area (TPSA) is 67.4 Å². The second kappa shape index (κ2) is 9.48. The van der Waals surface area contributed by atoms with Crippen molar-refractivity contribution in [3.05, 3.63) is 28.8 Å². The van der Waals surface area contributed by atoms with Crippen LogP contribution in [0.15, 0.2) is 18.2 Å². The molecule has 0 radical (unpaired) electrons. The molecule has 0 aromatic heterocycles. The van der Waals surface area contributed by atoms with E-state index in [1.165, 1.54) is 6.07 Å². The van der Waals surface area contributed by atoms with E-state index in [1.54, 1.807) is 0 Å². The van der Waals surface area contributed by atoms with Crippen LogP contribution >= 0.6 is 11.6 Å². The summed E-state index contributed by atoms with van der Waals surface area (Å²) in [5.74, 6) is -1.07. The monoisotopic (exact) mass is 366 g/mol. The number of carbonyl (C=O) groups is 2. The molecule has 0 aliphatic carbocycles. The molecule has 0 saturated heterocycles. The van der Waals surface area contributed by atoms with Crippen molar-refractivity contribution in [2.45, 2.75) is 38.8 Å². The smallest absolute Gasteiger partial charge is 0.324 e. The van der Waals surface area contributed by atoms with E-state index in [1.807, 2.05) is 6.92 Å². The van der Waals surface area contributed by atoms with Crippen molar-refractivity contribution in [1.29, 1.82) is 0 Å². The minimum absolute atomic E-state index is 0.0744. The third-order valence-electron chi connectivity index (χ3n) is 2.95. The molecule has 0 fully saturated rings. The molecule has 0 heterocycles. The highest BCUT2D eigenvalue weighted by molar-refractivity contribution is 6.31. The molecule has 1 rings (SSSR count). The molecule has 0 aliphatic heterocycles. The summed E-state index contributed by atoms with van der Waals surface area (Å²) in [5, 5.41) is 1.77. The van der Waals surface area contributed by atoms with E-state index in [9.17, 15) is 22.8 Å². The van der Waals surface area contributed by atoms with Crippen molar-refractivity contribution >= 4 is 29.1 Å². The van der Waals surface area contributed by atoms with E-state index >= 15 is 0 Å². The number of halogens is 4. The molecular formula is C15H18ClF3N2O3. The lowest BCUT2D eigenvalue weighted by Gasteiger charge is -2.12. The van der Waals surface area contributed by atoms with Crippen LogP contribution in [0.3, 0.4) is 0 Å². The zero-order valence-corrected chi connectivity index (χ0v) is 13.8. The lowest BCUT2D eigenvalue weighted by molar-refractivity contribution is -0.138. The summed E-state index contributed by atoms with van der Waals surface area (Å²) in [4.78, 5) is 27.7. The van der Waals surface area contributed by atoms with Crippen molar-refractivity contribution < 1.29 is 27.6 Å². The summed E-state index contributed by atoms with van der Waals surface area (Å²) in [7, 11) is 0. The van der Waals surface area contributed by atoms with Crippen LogP contribution < -0.4 is 10.8 Å². The molecule has 134 valence electrons. The second-order valence-corrected chi connectivity index (χ2v) is 5.42. The predicted molar refractivity (Wildman–Crippen MR) is 83.3 cm³/mol. The van der Waals surface area contributed by atoms with E-state index in [-0.39, 0.29) is 18.0 Å². The summed E-state index contributed by atoms with van der Waals surface area (Å²) in [6.45, 7) is 1.48. The molecule has 5 nitrogen and oxygen atoms in total. The Balaban J connectivity index is 2.44. The number of carbonyl (C=O) groups excluding carboxylic acids is 2. The molecular weight excluding hydrogens is 349 g/mol. The number of rotatable bonds is 8. The van der Waals surface area contributed by atoms with Crippen molar-refractivity contribution in [3.8, 4) is 0 Å². The molecule has 0 saturated carbocycles. The lowest BCUT2D eigenvalue weighted by atomic mass is 10.2. The van der Waals surface area contributed by atoms with E-state index < -0.39 is 29.3 Å². The number of amides is 2. The van der Waals surface area contributed by atoms with Gasteiger partial charge in [-0.15, -0.1) is 0 Å². The summed E-state index contributed by atoms with van der Waals surface area (Å²) in [6.07, 6.45) is -1.76. The zero-order valence-electron chi connectivity index (χ0n) is 13.0. The number of nitrogens with one attached hydrogen (secondary N) is 2. The fourth-order valence-electron chi connectivity index (χ4n) is 1.79. The Morgan fingerprint density at radius 3 is 2.54 bits per heavy atom. The largest absolute Gasteiger partial charge is 0.417 e. The van der Waals surface area contributed by atoms with Crippen LogP contribution in [0, 0.1) is 0 Å². The quantitative estimate of drug-likeness (QED) is 0.541. The molecule has 2 amide bonds. The summed E-state index contributed by atoms with van der Waals surface area (Å²) >= 11 is 5.48. The average Bonchev–Trinajstić information content (AvgIpc) is 2.48. The van der Waals surface area contributed by atoms with E-state index in [0.29, 0.717) is 6.42 Å². The Morgan fingerprint density at radius 2 is 1.92 bits per heavy atom. The first-order valence-corrected chi connectivity index (χ1v) is 7.69. The van der Waals surface area contributed by atoms with Gasteiger partial charge in [-0.2, -0.15) is 13.2 Å². The fraction of sp³-hybridized carbons (Fsp3) is 0.467. The third-order valence-corrected chi connectivity index (χ3v) is 3.28. The molecule has 0 spiro atoms. The van der Waals surface area contributed by atoms with Crippen molar-refractivity contribution in [2.75, 3.05) is 11.9 Å². The van der Waals surface area contributed by atoms with Crippen LogP contribution in [-0.4, -0.2) is 18.4 Å². The van der Waals surface area contributed by atoms with Gasteiger partial charge in [0.1, 0.15) is 0 Å². The number of hydroxylamine groups is 1. The molecule has 0 atom stereocenters. The summed E-state index contributed by atoms with van der Waals surface area (Å²) in [6, 6.07) is 3.00. The third kappa shape index (κ3) is 7.18. The van der Waals surface area contributed by atoms with Gasteiger partial charge in [0.25, 0.3) is 5.91 Å². The molecule has 0 unspecified atom stereocenters. The Morgan fingerprint density at radius 1 is 1.21 bits per heavy atom. The highest BCUT2D eigenvalue weighted by atomic mass is 35.5. The van der Waals surface area contributed by atoms with Gasteiger partial charge in [-0.05, 0) is 24.6 Å². The number of anilines is 1. The number of hydrogen-bond acceptors (Lipinski definition) is 3. The van der Waals surface area contributed by atoms with Crippen LogP contribution in [0.2, 0.25) is 5.02 Å². The molecule has 2 N–H and O–H groups in total. The van der Waals surface area contributed by atoms with Gasteiger partial charge in [0.2, 0.25) is 5.91 Å². The predicted octanol–water partition coefficient (Wildman–Crippen LogP) is 3.93. The molecule has 24 heavy (non-hydrogen) atoms. The summed E-state index contributed by atoms with van der Waals surface area (Å²) in [5.41, 5.74) is 0.979. The van der Waals surface area contributed by atoms with Gasteiger partial charge in [0, 0.05) is 12.1 Å². The Kier molecular flexibility index (Phi) is 8.00. The Hall–Kier alpha value is -1.80. The average molecular weight is 367 g/mol. The van der Waals surface area contributed by atoms with Crippen LogP contribution in [0.4, 0.5) is 18.9 Å². The van der Waals surface area contributed by atoms with E-state index in [4.69, 9.17) is 16.4 Å². The minimum atomic E-state index is -4.62. The van der Waals surface area contributed by atoms with Gasteiger partial charge in [-0.1, -0.05) is 31.4 Å². The molecule has 0 aliphatic rings. The van der Waals surface area contributed by atoms with Crippen molar-refractivity contribution in [1.82, 2.24) is 5.48 Å². The SMILES string of the molecule is CCCCCC(=O)NOCC(=O)Nc1ccc(Cl)c(C(F)(F)F)c1. The standard InChI is InChI=1S/C15H18ClF3N2O3/c1-2-3-4-5-13(22)21-24-9-14(23)20-10-6-7-12(16)11(8-10)15(17,18)19/h6-8H,2-5,9H2,1H3,(H,20,23)(H,21,22). The van der Waals surface area contributed by atoms with E-state index in [0.717, 1.165) is 25.0 Å². The molecule has 0 bridgehead atoms. The maximum Gasteiger partial charge on any atom is 0.417 e. The van der Waals surface area contributed by atoms with Crippen LogP contribution in [0.5, 0.6) is 0 Å². The summed E-state index contributed by atoms with van der Waals surface area (Å²) < 4.78 is 38.1. The van der Waals surface area contributed by atoms with Gasteiger partial charge in [-0.3, -0.25) is 14.4 Å². The van der Waals surface area contributed by atoms with Crippen molar-refractivity contribution in [3.63, 3.8) is 0 Å².